The molecule has 0 saturated heterocycles. The zero-order valence-corrected chi connectivity index (χ0v) is 10.1. The van der Waals surface area contributed by atoms with Gasteiger partial charge in [0.15, 0.2) is 0 Å². The summed E-state index contributed by atoms with van der Waals surface area (Å²) in [5.41, 5.74) is 2.23. The summed E-state index contributed by atoms with van der Waals surface area (Å²) in [4.78, 5) is 0. The van der Waals surface area contributed by atoms with Gasteiger partial charge in [0.1, 0.15) is 0 Å². The molecule has 90 valence electrons. The van der Waals surface area contributed by atoms with E-state index < -0.39 is 10.1 Å². The highest BCUT2D eigenvalue weighted by molar-refractivity contribution is 7.85. The lowest BCUT2D eigenvalue weighted by Gasteiger charge is -2.08. The highest BCUT2D eigenvalue weighted by atomic mass is 32.2. The van der Waals surface area contributed by atoms with E-state index >= 15 is 0 Å². The van der Waals surface area contributed by atoms with Crippen molar-refractivity contribution in [2.45, 2.75) is 19.8 Å². The van der Waals surface area contributed by atoms with Crippen LogP contribution in [-0.2, 0) is 10.1 Å². The number of benzene rings is 1. The molecule has 1 aromatic carbocycles. The van der Waals surface area contributed by atoms with Crippen LogP contribution in [0.5, 0.6) is 0 Å². The third kappa shape index (κ3) is 5.14. The predicted octanol–water partition coefficient (Wildman–Crippen LogP) is 2.07. The Bertz CT molecular complexity index is 429. The summed E-state index contributed by atoms with van der Waals surface area (Å²) >= 11 is 0. The average molecular weight is 243 g/mol. The second kappa shape index (κ2) is 5.86. The number of para-hydroxylation sites is 1. The number of unbranched alkanes of at least 4 members (excludes halogenated alkanes) is 1. The molecule has 5 heteroatoms. The van der Waals surface area contributed by atoms with E-state index in [2.05, 4.69) is 5.32 Å². The Kier molecular flexibility index (Phi) is 4.76. The van der Waals surface area contributed by atoms with E-state index in [-0.39, 0.29) is 5.75 Å². The van der Waals surface area contributed by atoms with Crippen molar-refractivity contribution >= 4 is 15.8 Å². The van der Waals surface area contributed by atoms with E-state index in [0.717, 1.165) is 11.3 Å². The van der Waals surface area contributed by atoms with Gasteiger partial charge >= 0.3 is 0 Å². The molecule has 1 aromatic rings. The van der Waals surface area contributed by atoms with Gasteiger partial charge in [-0.05, 0) is 31.4 Å². The molecule has 0 fully saturated rings. The first kappa shape index (κ1) is 13.0. The van der Waals surface area contributed by atoms with E-state index in [9.17, 15) is 8.42 Å². The van der Waals surface area contributed by atoms with Crippen LogP contribution in [0, 0.1) is 6.92 Å². The smallest absolute Gasteiger partial charge is 0.264 e. The number of rotatable bonds is 6. The van der Waals surface area contributed by atoms with Gasteiger partial charge in [0.25, 0.3) is 10.1 Å². The molecule has 0 amide bonds. The topological polar surface area (TPSA) is 66.4 Å². The van der Waals surface area contributed by atoms with E-state index in [1.165, 1.54) is 0 Å². The lowest BCUT2D eigenvalue weighted by Crippen LogP contribution is -2.07. The fourth-order valence-electron chi connectivity index (χ4n) is 1.40. The van der Waals surface area contributed by atoms with Crippen LogP contribution in [-0.4, -0.2) is 25.3 Å². The summed E-state index contributed by atoms with van der Waals surface area (Å²) in [6.07, 6.45) is 1.19. The zero-order valence-electron chi connectivity index (χ0n) is 9.31. The first-order valence-corrected chi connectivity index (χ1v) is 6.84. The molecule has 0 aliphatic carbocycles. The average Bonchev–Trinajstić information content (AvgIpc) is 2.18. The van der Waals surface area contributed by atoms with Gasteiger partial charge < -0.3 is 5.32 Å². The van der Waals surface area contributed by atoms with Crippen molar-refractivity contribution in [1.82, 2.24) is 0 Å². The molecule has 0 spiro atoms. The standard InChI is InChI=1S/C11H17NO3S/c1-10-6-2-3-7-11(10)12-8-4-5-9-16(13,14)15/h2-3,6-7,12H,4-5,8-9H2,1H3,(H,13,14,15). The molecule has 0 heterocycles. The molecule has 0 bridgehead atoms. The molecule has 16 heavy (non-hydrogen) atoms. The highest BCUT2D eigenvalue weighted by Gasteiger charge is 2.03. The molecule has 0 unspecified atom stereocenters. The summed E-state index contributed by atoms with van der Waals surface area (Å²) in [5, 5.41) is 3.22. The summed E-state index contributed by atoms with van der Waals surface area (Å²) in [6.45, 7) is 2.72. The van der Waals surface area contributed by atoms with Crippen molar-refractivity contribution in [3.63, 3.8) is 0 Å². The van der Waals surface area contributed by atoms with Crippen LogP contribution < -0.4 is 5.32 Å². The normalized spacial score (nSPS) is 11.4. The third-order valence-electron chi connectivity index (χ3n) is 2.29. The Hall–Kier alpha value is -1.07. The maximum absolute atomic E-state index is 10.5. The van der Waals surface area contributed by atoms with Gasteiger partial charge in [-0.25, -0.2) is 0 Å². The number of hydrogen-bond acceptors (Lipinski definition) is 3. The Morgan fingerprint density at radius 2 is 1.94 bits per heavy atom. The second-order valence-corrected chi connectivity index (χ2v) is 5.31. The molecular weight excluding hydrogens is 226 g/mol. The number of hydrogen-bond donors (Lipinski definition) is 2. The Labute approximate surface area is 96.4 Å². The van der Waals surface area contributed by atoms with Gasteiger partial charge in [-0.2, -0.15) is 8.42 Å². The quantitative estimate of drug-likeness (QED) is 0.593. The Morgan fingerprint density at radius 1 is 1.25 bits per heavy atom. The molecule has 2 N–H and O–H groups in total. The zero-order chi connectivity index (χ0) is 12.0. The first-order valence-electron chi connectivity index (χ1n) is 5.24. The van der Waals surface area contributed by atoms with Crippen molar-refractivity contribution in [3.8, 4) is 0 Å². The van der Waals surface area contributed by atoms with Gasteiger partial charge in [-0.3, -0.25) is 4.55 Å². The number of nitrogens with one attached hydrogen (secondary N) is 1. The minimum Gasteiger partial charge on any atom is -0.385 e. The van der Waals surface area contributed by atoms with Crippen molar-refractivity contribution in [2.24, 2.45) is 0 Å². The predicted molar refractivity (Wildman–Crippen MR) is 65.3 cm³/mol. The fourth-order valence-corrected chi connectivity index (χ4v) is 1.97. The summed E-state index contributed by atoms with van der Waals surface area (Å²) in [7, 11) is -3.81. The van der Waals surface area contributed by atoms with E-state index in [1.807, 2.05) is 31.2 Å². The maximum Gasteiger partial charge on any atom is 0.264 e. The Balaban J connectivity index is 2.24. The highest BCUT2D eigenvalue weighted by Crippen LogP contribution is 2.12. The summed E-state index contributed by atoms with van der Waals surface area (Å²) in [6, 6.07) is 7.92. The fraction of sp³-hybridized carbons (Fsp3) is 0.455. The molecule has 1 rings (SSSR count). The lowest BCUT2D eigenvalue weighted by atomic mass is 10.2. The van der Waals surface area contributed by atoms with Gasteiger partial charge in [0.05, 0.1) is 5.75 Å². The molecule has 0 aromatic heterocycles. The monoisotopic (exact) mass is 243 g/mol. The van der Waals surface area contributed by atoms with Crippen LogP contribution in [0.1, 0.15) is 18.4 Å². The van der Waals surface area contributed by atoms with Gasteiger partial charge in [-0.1, -0.05) is 18.2 Å². The van der Waals surface area contributed by atoms with Crippen LogP contribution in [0.15, 0.2) is 24.3 Å². The third-order valence-corrected chi connectivity index (χ3v) is 3.09. The van der Waals surface area contributed by atoms with Crippen LogP contribution in [0.25, 0.3) is 0 Å². The molecular formula is C11H17NO3S. The van der Waals surface area contributed by atoms with Crippen molar-refractivity contribution < 1.29 is 13.0 Å². The SMILES string of the molecule is Cc1ccccc1NCCCCS(=O)(=O)O. The molecule has 0 aliphatic heterocycles. The van der Waals surface area contributed by atoms with Crippen molar-refractivity contribution in [3.05, 3.63) is 29.8 Å². The first-order chi connectivity index (χ1) is 7.49. The van der Waals surface area contributed by atoms with E-state index in [0.29, 0.717) is 19.4 Å². The van der Waals surface area contributed by atoms with Gasteiger partial charge in [0, 0.05) is 12.2 Å². The minimum absolute atomic E-state index is 0.164. The minimum atomic E-state index is -3.81. The Morgan fingerprint density at radius 3 is 2.56 bits per heavy atom. The molecule has 0 saturated carbocycles. The van der Waals surface area contributed by atoms with Crippen LogP contribution in [0.4, 0.5) is 5.69 Å². The van der Waals surface area contributed by atoms with Crippen molar-refractivity contribution in [1.29, 1.82) is 0 Å². The van der Waals surface area contributed by atoms with E-state index in [1.54, 1.807) is 0 Å². The lowest BCUT2D eigenvalue weighted by molar-refractivity contribution is 0.480. The largest absolute Gasteiger partial charge is 0.385 e. The molecule has 4 nitrogen and oxygen atoms in total. The van der Waals surface area contributed by atoms with Crippen LogP contribution >= 0.6 is 0 Å². The summed E-state index contributed by atoms with van der Waals surface area (Å²) in [5.74, 6) is -0.164. The van der Waals surface area contributed by atoms with Gasteiger partial charge in [0.2, 0.25) is 0 Å². The molecule has 0 atom stereocenters. The molecule has 0 radical (unpaired) electrons. The van der Waals surface area contributed by atoms with Crippen LogP contribution in [0.3, 0.4) is 0 Å². The van der Waals surface area contributed by atoms with E-state index in [4.69, 9.17) is 4.55 Å². The second-order valence-electron chi connectivity index (χ2n) is 3.73. The molecule has 0 aliphatic rings. The van der Waals surface area contributed by atoms with Gasteiger partial charge in [-0.15, -0.1) is 0 Å². The maximum atomic E-state index is 10.5. The summed E-state index contributed by atoms with van der Waals surface area (Å²) < 4.78 is 29.4. The number of aryl methyl sites for hydroxylation is 1. The van der Waals surface area contributed by atoms with Crippen LogP contribution in [0.2, 0.25) is 0 Å². The number of anilines is 1. The van der Waals surface area contributed by atoms with Crippen molar-refractivity contribution in [2.75, 3.05) is 17.6 Å².